The molecular weight excluding hydrogens is 292 g/mol. The molecule has 1 rings (SSSR count). The molecule has 0 unspecified atom stereocenters. The van der Waals surface area contributed by atoms with Crippen molar-refractivity contribution in [3.8, 4) is 0 Å². The van der Waals surface area contributed by atoms with Gasteiger partial charge in [-0.25, -0.2) is 8.78 Å². The maximum absolute atomic E-state index is 13.3. The van der Waals surface area contributed by atoms with E-state index < -0.39 is 26.1 Å². The van der Waals surface area contributed by atoms with Gasteiger partial charge in [0.15, 0.2) is 20.0 Å². The molecule has 0 aliphatic rings. The number of halogens is 2. The second kappa shape index (κ2) is 6.23. The summed E-state index contributed by atoms with van der Waals surface area (Å²) in [7, 11) is -2.06. The number of benzene rings is 1. The normalized spacial score (nSPS) is 15.1. The van der Waals surface area contributed by atoms with Crippen LogP contribution in [0, 0.1) is 11.6 Å². The second-order valence-electron chi connectivity index (χ2n) is 6.63. The summed E-state index contributed by atoms with van der Waals surface area (Å²) in [6.07, 6.45) is -0.513. The average molecular weight is 315 g/mol. The number of hydrogen-bond acceptors (Lipinski definition) is 3. The molecular formula is C15H23F2NO2Si. The number of nitrogens with zero attached hydrogens (tertiary/aromatic N) is 1. The third kappa shape index (κ3) is 4.10. The SMILES string of the molecule is C[C@H](O[Si](C)(C)C(C)(C)C)C(=NO)c1ccc(F)c(F)c1. The van der Waals surface area contributed by atoms with Crippen molar-refractivity contribution in [3.63, 3.8) is 0 Å². The van der Waals surface area contributed by atoms with Crippen molar-refractivity contribution in [2.24, 2.45) is 5.16 Å². The Morgan fingerprint density at radius 1 is 1.24 bits per heavy atom. The molecule has 1 aromatic rings. The maximum Gasteiger partial charge on any atom is 0.192 e. The highest BCUT2D eigenvalue weighted by atomic mass is 28.4. The standard InChI is InChI=1S/C15H23F2NO2Si/c1-10(20-21(5,6)15(2,3)4)14(18-19)11-7-8-12(16)13(17)9-11/h7-10,19H,1-6H3/t10-/m0/s1. The van der Waals surface area contributed by atoms with Gasteiger partial charge in [-0.05, 0) is 43.3 Å². The van der Waals surface area contributed by atoms with E-state index in [2.05, 4.69) is 39.0 Å². The molecule has 118 valence electrons. The van der Waals surface area contributed by atoms with Gasteiger partial charge in [0.05, 0.1) is 6.10 Å². The molecule has 0 heterocycles. The molecule has 21 heavy (non-hydrogen) atoms. The van der Waals surface area contributed by atoms with Crippen molar-refractivity contribution in [2.75, 3.05) is 0 Å². The number of hydrogen-bond donors (Lipinski definition) is 1. The van der Waals surface area contributed by atoms with Gasteiger partial charge >= 0.3 is 0 Å². The van der Waals surface area contributed by atoms with Gasteiger partial charge in [0, 0.05) is 5.56 Å². The van der Waals surface area contributed by atoms with E-state index in [0.717, 1.165) is 12.1 Å². The van der Waals surface area contributed by atoms with Crippen molar-refractivity contribution in [1.29, 1.82) is 0 Å². The van der Waals surface area contributed by atoms with Crippen LogP contribution in [0.15, 0.2) is 23.4 Å². The van der Waals surface area contributed by atoms with E-state index in [1.165, 1.54) is 6.07 Å². The van der Waals surface area contributed by atoms with Crippen molar-refractivity contribution in [1.82, 2.24) is 0 Å². The van der Waals surface area contributed by atoms with Crippen LogP contribution in [0.25, 0.3) is 0 Å². The lowest BCUT2D eigenvalue weighted by Gasteiger charge is -2.38. The summed E-state index contributed by atoms with van der Waals surface area (Å²) in [6.45, 7) is 12.2. The quantitative estimate of drug-likeness (QED) is 0.383. The predicted octanol–water partition coefficient (Wildman–Crippen LogP) is 4.55. The van der Waals surface area contributed by atoms with Crippen LogP contribution < -0.4 is 0 Å². The second-order valence-corrected chi connectivity index (χ2v) is 11.4. The lowest BCUT2D eigenvalue weighted by atomic mass is 10.1. The van der Waals surface area contributed by atoms with Crippen LogP contribution >= 0.6 is 0 Å². The first kappa shape index (κ1) is 17.8. The topological polar surface area (TPSA) is 41.8 Å². The van der Waals surface area contributed by atoms with Crippen LogP contribution in [0.3, 0.4) is 0 Å². The Morgan fingerprint density at radius 2 is 1.81 bits per heavy atom. The third-order valence-corrected chi connectivity index (χ3v) is 8.54. The highest BCUT2D eigenvalue weighted by molar-refractivity contribution is 6.74. The van der Waals surface area contributed by atoms with Crippen molar-refractivity contribution in [3.05, 3.63) is 35.4 Å². The van der Waals surface area contributed by atoms with Crippen LogP contribution in [-0.4, -0.2) is 25.3 Å². The minimum atomic E-state index is -2.06. The molecule has 0 spiro atoms. The van der Waals surface area contributed by atoms with Gasteiger partial charge in [0.25, 0.3) is 0 Å². The summed E-state index contributed by atoms with van der Waals surface area (Å²) in [5.41, 5.74) is 0.501. The van der Waals surface area contributed by atoms with Gasteiger partial charge in [0.1, 0.15) is 5.71 Å². The summed E-state index contributed by atoms with van der Waals surface area (Å²) in [4.78, 5) is 0. The molecule has 0 aromatic heterocycles. The Labute approximate surface area is 125 Å². The van der Waals surface area contributed by atoms with Crippen LogP contribution in [0.2, 0.25) is 18.1 Å². The Hall–Kier alpha value is -1.27. The smallest absolute Gasteiger partial charge is 0.192 e. The lowest BCUT2D eigenvalue weighted by Crippen LogP contribution is -2.45. The summed E-state index contributed by atoms with van der Waals surface area (Å²) >= 11 is 0. The zero-order valence-electron chi connectivity index (χ0n) is 13.4. The summed E-state index contributed by atoms with van der Waals surface area (Å²) in [5, 5.41) is 12.4. The van der Waals surface area contributed by atoms with Crippen LogP contribution in [0.5, 0.6) is 0 Å². The Balaban J connectivity index is 3.03. The van der Waals surface area contributed by atoms with Crippen LogP contribution in [-0.2, 0) is 4.43 Å². The molecule has 0 fully saturated rings. The third-order valence-electron chi connectivity index (χ3n) is 3.99. The first-order valence-corrected chi connectivity index (χ1v) is 9.75. The minimum Gasteiger partial charge on any atom is -0.411 e. The molecule has 0 aliphatic heterocycles. The molecule has 0 radical (unpaired) electrons. The van der Waals surface area contributed by atoms with E-state index in [1.54, 1.807) is 6.92 Å². The Kier molecular flexibility index (Phi) is 5.28. The van der Waals surface area contributed by atoms with E-state index in [9.17, 15) is 14.0 Å². The molecule has 1 aromatic carbocycles. The van der Waals surface area contributed by atoms with Gasteiger partial charge in [-0.2, -0.15) is 0 Å². The lowest BCUT2D eigenvalue weighted by molar-refractivity contribution is 0.247. The maximum atomic E-state index is 13.3. The number of rotatable bonds is 4. The predicted molar refractivity (Wildman–Crippen MR) is 82.4 cm³/mol. The van der Waals surface area contributed by atoms with Gasteiger partial charge < -0.3 is 9.63 Å². The fraction of sp³-hybridized carbons (Fsp3) is 0.533. The summed E-state index contributed by atoms with van der Waals surface area (Å²) in [5.74, 6) is -1.91. The molecule has 1 atom stereocenters. The van der Waals surface area contributed by atoms with E-state index >= 15 is 0 Å². The van der Waals surface area contributed by atoms with Crippen molar-refractivity contribution >= 4 is 14.0 Å². The van der Waals surface area contributed by atoms with Gasteiger partial charge in [0.2, 0.25) is 0 Å². The highest BCUT2D eigenvalue weighted by Gasteiger charge is 2.39. The minimum absolute atomic E-state index is 0.00410. The van der Waals surface area contributed by atoms with Crippen LogP contribution in [0.1, 0.15) is 33.3 Å². The van der Waals surface area contributed by atoms with Gasteiger partial charge in [-0.3, -0.25) is 0 Å². The van der Waals surface area contributed by atoms with Crippen LogP contribution in [0.4, 0.5) is 8.78 Å². The number of oxime groups is 1. The molecule has 0 aliphatic carbocycles. The monoisotopic (exact) mass is 315 g/mol. The van der Waals surface area contributed by atoms with E-state index in [1.807, 2.05) is 0 Å². The molecule has 6 heteroatoms. The zero-order chi connectivity index (χ0) is 16.4. The molecule has 0 saturated heterocycles. The molecule has 0 bridgehead atoms. The van der Waals surface area contributed by atoms with Crippen molar-refractivity contribution < 1.29 is 18.4 Å². The first-order chi connectivity index (χ1) is 9.49. The average Bonchev–Trinajstić information content (AvgIpc) is 2.32. The molecule has 0 amide bonds. The van der Waals surface area contributed by atoms with E-state index in [-0.39, 0.29) is 10.7 Å². The van der Waals surface area contributed by atoms with E-state index in [4.69, 9.17) is 4.43 Å². The van der Waals surface area contributed by atoms with Gasteiger partial charge in [-0.1, -0.05) is 25.9 Å². The summed E-state index contributed by atoms with van der Waals surface area (Å²) < 4.78 is 32.4. The largest absolute Gasteiger partial charge is 0.411 e. The Bertz CT molecular complexity index is 539. The fourth-order valence-electron chi connectivity index (χ4n) is 1.70. The fourth-order valence-corrected chi connectivity index (χ4v) is 3.05. The van der Waals surface area contributed by atoms with E-state index in [0.29, 0.717) is 5.56 Å². The Morgan fingerprint density at radius 3 is 2.24 bits per heavy atom. The zero-order valence-corrected chi connectivity index (χ0v) is 14.4. The van der Waals surface area contributed by atoms with Gasteiger partial charge in [-0.15, -0.1) is 0 Å². The summed E-state index contributed by atoms with van der Waals surface area (Å²) in [6, 6.07) is 3.39. The highest BCUT2D eigenvalue weighted by Crippen LogP contribution is 2.37. The molecule has 1 N–H and O–H groups in total. The molecule has 0 saturated carbocycles. The van der Waals surface area contributed by atoms with Crippen molar-refractivity contribution in [2.45, 2.75) is 51.9 Å². The first-order valence-electron chi connectivity index (χ1n) is 6.85. The molecule has 3 nitrogen and oxygen atoms in total.